The van der Waals surface area contributed by atoms with E-state index in [1.165, 1.54) is 11.1 Å². The maximum Gasteiger partial charge on any atom is 0.673 e. The second-order valence-corrected chi connectivity index (χ2v) is 9.54. The highest BCUT2D eigenvalue weighted by Gasteiger charge is 2.21. The Labute approximate surface area is 242 Å². The van der Waals surface area contributed by atoms with Crippen LogP contribution < -0.4 is 14.5 Å². The van der Waals surface area contributed by atoms with Crippen molar-refractivity contribution >= 4 is 48.5 Å². The van der Waals surface area contributed by atoms with Crippen LogP contribution in [-0.2, 0) is 34.0 Å². The van der Waals surface area contributed by atoms with E-state index in [9.17, 15) is 34.5 Å². The molecule has 4 rings (SSSR count). The van der Waals surface area contributed by atoms with Gasteiger partial charge >= 0.3 is 14.5 Å². The van der Waals surface area contributed by atoms with Crippen molar-refractivity contribution in [3.8, 4) is 0 Å². The smallest absolute Gasteiger partial charge is 0.418 e. The number of nitrogens with zero attached hydrogens (tertiary/aromatic N) is 5. The number of benzene rings is 2. The Balaban J connectivity index is 0.000000533. The van der Waals surface area contributed by atoms with Crippen molar-refractivity contribution in [3.05, 3.63) is 83.4 Å². The molecule has 0 amide bonds. The van der Waals surface area contributed by atoms with Crippen LogP contribution in [0.15, 0.2) is 77.5 Å². The molecule has 0 bridgehead atoms. The number of fused-ring (bicyclic) bond motifs is 1. The summed E-state index contributed by atoms with van der Waals surface area (Å²) >= 11 is 6.29. The molecule has 0 spiro atoms. The summed E-state index contributed by atoms with van der Waals surface area (Å²) in [4.78, 5) is 0. The van der Waals surface area contributed by atoms with Crippen LogP contribution in [0.25, 0.3) is 11.0 Å². The molecule has 0 saturated carbocycles. The fourth-order valence-electron chi connectivity index (χ4n) is 3.79. The highest BCUT2D eigenvalue weighted by molar-refractivity contribution is 6.50. The van der Waals surface area contributed by atoms with E-state index in [2.05, 4.69) is 56.8 Å². The predicted octanol–water partition coefficient (Wildman–Crippen LogP) is 6.87. The van der Waals surface area contributed by atoms with Gasteiger partial charge in [0.2, 0.25) is 11.8 Å². The fraction of sp³-hybridized carbons (Fsp3) is 0.280. The van der Waals surface area contributed by atoms with Gasteiger partial charge in [0.15, 0.2) is 17.9 Å². The highest BCUT2D eigenvalue weighted by Crippen LogP contribution is 2.30. The van der Waals surface area contributed by atoms with Crippen molar-refractivity contribution in [2.45, 2.75) is 12.8 Å². The first-order chi connectivity index (χ1) is 19.5. The van der Waals surface area contributed by atoms with E-state index in [-0.39, 0.29) is 0 Å². The Morgan fingerprint density at radius 2 is 1.29 bits per heavy atom. The molecule has 2 aromatic carbocycles. The number of hydrogen-bond acceptors (Lipinski definition) is 3. The van der Waals surface area contributed by atoms with Crippen LogP contribution in [0.3, 0.4) is 0 Å². The number of rotatable bonds is 8. The quantitative estimate of drug-likeness (QED) is 0.0754. The van der Waals surface area contributed by atoms with Gasteiger partial charge in [-0.2, -0.15) is 5.11 Å². The molecule has 0 saturated heterocycles. The summed E-state index contributed by atoms with van der Waals surface area (Å²) in [6.45, 7) is 1.93. The van der Waals surface area contributed by atoms with Crippen LogP contribution in [0.5, 0.6) is 0 Å². The van der Waals surface area contributed by atoms with E-state index in [4.69, 9.17) is 11.6 Å². The first kappa shape index (κ1) is 34.7. The maximum absolute atomic E-state index is 9.75. The number of aromatic nitrogens is 3. The van der Waals surface area contributed by atoms with E-state index in [0.717, 1.165) is 48.3 Å². The Kier molecular flexibility index (Phi) is 12.9. The third kappa shape index (κ3) is 13.9. The number of aryl methyl sites for hydroxylation is 3. The van der Waals surface area contributed by atoms with E-state index in [1.54, 1.807) is 0 Å². The number of imidazole rings is 1. The van der Waals surface area contributed by atoms with Crippen molar-refractivity contribution in [2.24, 2.45) is 31.4 Å². The summed E-state index contributed by atoms with van der Waals surface area (Å²) in [5.74, 6) is 0. The third-order valence-electron chi connectivity index (χ3n) is 5.55. The maximum atomic E-state index is 9.75. The van der Waals surface area contributed by atoms with E-state index < -0.39 is 14.5 Å². The largest absolute Gasteiger partial charge is 0.673 e. The van der Waals surface area contributed by atoms with Gasteiger partial charge in [0.05, 0.1) is 19.8 Å². The monoisotopic (exact) mass is 622 g/mol. The van der Waals surface area contributed by atoms with Gasteiger partial charge in [0, 0.05) is 23.2 Å². The van der Waals surface area contributed by atoms with Gasteiger partial charge in [0.1, 0.15) is 12.7 Å². The number of pyridine rings is 1. The zero-order valence-electron chi connectivity index (χ0n) is 23.0. The second-order valence-electron chi connectivity index (χ2n) is 9.11. The minimum absolute atomic E-state index is 0.650. The number of azo groups is 1. The van der Waals surface area contributed by atoms with E-state index in [0.29, 0.717) is 5.02 Å². The average molecular weight is 623 g/mol. The Hall–Kier alpha value is -3.52. The first-order valence-corrected chi connectivity index (χ1v) is 12.9. The first-order valence-electron chi connectivity index (χ1n) is 12.5. The van der Waals surface area contributed by atoms with E-state index >= 15 is 0 Å². The minimum atomic E-state index is -6.00. The molecule has 6 nitrogen and oxygen atoms in total. The molecule has 0 atom stereocenters. The summed E-state index contributed by atoms with van der Waals surface area (Å²) in [6, 6.07) is 16.4. The van der Waals surface area contributed by atoms with Gasteiger partial charge < -0.3 is 39.8 Å². The summed E-state index contributed by atoms with van der Waals surface area (Å²) in [6.07, 6.45) is 8.20. The van der Waals surface area contributed by atoms with Gasteiger partial charge in [-0.25, -0.2) is 13.7 Å². The molecule has 42 heavy (non-hydrogen) atoms. The molecule has 4 aromatic rings. The van der Waals surface area contributed by atoms with Crippen molar-refractivity contribution in [2.75, 3.05) is 13.1 Å². The molecule has 2 aromatic heterocycles. The molecular weight excluding hydrogens is 593 g/mol. The summed E-state index contributed by atoms with van der Waals surface area (Å²) in [5.41, 5.74) is 6.25. The Morgan fingerprint density at radius 1 is 0.786 bits per heavy atom. The molecule has 0 fully saturated rings. The Morgan fingerprint density at radius 3 is 1.81 bits per heavy atom. The van der Waals surface area contributed by atoms with Gasteiger partial charge in [-0.15, -0.1) is 5.11 Å². The SMILES string of the molecule is Cn1c[n+](C)c2cc(Cl)cc(N=Nc3ccc(CCNCCc4cc[n+](C)cc4)cc3)c21.F[B-](F)(F)F.F[B-](F)(F)F. The molecule has 2 heterocycles. The second kappa shape index (κ2) is 15.6. The number of hydrogen-bond donors (Lipinski definition) is 1. The number of halogens is 9. The van der Waals surface area contributed by atoms with Crippen molar-refractivity contribution in [1.29, 1.82) is 0 Å². The zero-order valence-corrected chi connectivity index (χ0v) is 23.7. The van der Waals surface area contributed by atoms with Crippen LogP contribution in [0, 0.1) is 0 Å². The molecule has 0 unspecified atom stereocenters. The van der Waals surface area contributed by atoms with Crippen molar-refractivity contribution in [3.63, 3.8) is 0 Å². The topological polar surface area (TPSA) is 49.4 Å². The normalized spacial score (nSPS) is 11.7. The van der Waals surface area contributed by atoms with Gasteiger partial charge in [-0.1, -0.05) is 23.7 Å². The molecule has 228 valence electrons. The lowest BCUT2D eigenvalue weighted by atomic mass is 10.1. The van der Waals surface area contributed by atoms with E-state index in [1.807, 2.05) is 60.9 Å². The van der Waals surface area contributed by atoms with Gasteiger partial charge in [0.25, 0.3) is 0 Å². The lowest BCUT2D eigenvalue weighted by Crippen LogP contribution is -2.26. The lowest BCUT2D eigenvalue weighted by Gasteiger charge is -2.05. The fourth-order valence-corrected chi connectivity index (χ4v) is 3.99. The molecule has 1 N–H and O–H groups in total. The summed E-state index contributed by atoms with van der Waals surface area (Å²) in [5, 5.41) is 13.1. The van der Waals surface area contributed by atoms with Crippen molar-refractivity contribution < 1.29 is 43.7 Å². The number of nitrogens with one attached hydrogen (secondary N) is 1. The highest BCUT2D eigenvalue weighted by atomic mass is 35.5. The van der Waals surface area contributed by atoms with Crippen LogP contribution >= 0.6 is 11.6 Å². The van der Waals surface area contributed by atoms with Gasteiger partial charge in [-0.05, 0) is 55.3 Å². The van der Waals surface area contributed by atoms with Crippen LogP contribution in [0.4, 0.5) is 45.9 Å². The van der Waals surface area contributed by atoms with Gasteiger partial charge in [-0.3, -0.25) is 0 Å². The predicted molar refractivity (Wildman–Crippen MR) is 148 cm³/mol. The summed E-state index contributed by atoms with van der Waals surface area (Å²) in [7, 11) is -5.97. The van der Waals surface area contributed by atoms with Crippen molar-refractivity contribution in [1.82, 2.24) is 9.88 Å². The molecule has 0 aliphatic rings. The minimum Gasteiger partial charge on any atom is -0.418 e. The zero-order chi connectivity index (χ0) is 31.5. The molecule has 0 aliphatic carbocycles. The average Bonchev–Trinajstić information content (AvgIpc) is 3.15. The van der Waals surface area contributed by atoms with Crippen LogP contribution in [0.1, 0.15) is 11.1 Å². The van der Waals surface area contributed by atoms with Crippen LogP contribution in [0.2, 0.25) is 5.02 Å². The molecular formula is C25H29B2ClF8N6. The standard InChI is InChI=1S/C25H29ClN6.2BF4/c1-30-14-10-20(11-15-30)9-13-27-12-8-19-4-6-22(7-5-19)28-29-23-16-21(26)17-24-25(23)32(3)18-31(24)2;2*2-1(3,4)5/h4-7,10-11,14-18,27H,8-9,12-13H2,1-3H3;;/q+2;2*-1. The third-order valence-corrected chi connectivity index (χ3v) is 5.77. The van der Waals surface area contributed by atoms with Crippen LogP contribution in [-0.4, -0.2) is 32.2 Å². The molecule has 17 heteroatoms. The lowest BCUT2D eigenvalue weighted by molar-refractivity contribution is -0.671. The Bertz CT molecular complexity index is 1420. The molecule has 0 aliphatic heterocycles. The molecule has 0 radical (unpaired) electrons. The summed E-state index contributed by atoms with van der Waals surface area (Å²) < 4.78 is 84.1.